The average molecular weight is 354 g/mol. The summed E-state index contributed by atoms with van der Waals surface area (Å²) in [5.41, 5.74) is 0.766. The lowest BCUT2D eigenvalue weighted by Crippen LogP contribution is -2.27. The molecule has 0 saturated heterocycles. The van der Waals surface area contributed by atoms with Gasteiger partial charge in [-0.05, 0) is 48.9 Å². The van der Waals surface area contributed by atoms with Crippen LogP contribution in [-0.2, 0) is 14.8 Å². The standard InChI is InChI=1S/C16H16F2N2O3S/c1-10(12-3-8-15(17)16(18)9-12)20-24(22,23)14-6-4-13(5-7-14)19-11(2)21/h3-10,20H,1-2H3,(H,19,21). The Balaban J connectivity index is 2.17. The number of hydrogen-bond acceptors (Lipinski definition) is 3. The van der Waals surface area contributed by atoms with Crippen LogP contribution in [0.2, 0.25) is 0 Å². The lowest BCUT2D eigenvalue weighted by atomic mass is 10.1. The smallest absolute Gasteiger partial charge is 0.241 e. The number of hydrogen-bond donors (Lipinski definition) is 2. The molecule has 0 radical (unpaired) electrons. The zero-order valence-corrected chi connectivity index (χ0v) is 13.8. The van der Waals surface area contributed by atoms with Gasteiger partial charge in [-0.3, -0.25) is 4.79 Å². The number of carbonyl (C=O) groups excluding carboxylic acids is 1. The first-order valence-electron chi connectivity index (χ1n) is 7.04. The maximum atomic E-state index is 13.3. The maximum absolute atomic E-state index is 13.3. The largest absolute Gasteiger partial charge is 0.326 e. The minimum atomic E-state index is -3.85. The van der Waals surface area contributed by atoms with Crippen molar-refractivity contribution in [3.8, 4) is 0 Å². The molecule has 0 heterocycles. The van der Waals surface area contributed by atoms with Crippen molar-refractivity contribution < 1.29 is 22.0 Å². The minimum Gasteiger partial charge on any atom is -0.326 e. The number of nitrogens with one attached hydrogen (secondary N) is 2. The molecule has 0 aliphatic carbocycles. The normalized spacial score (nSPS) is 12.7. The number of halogens is 2. The minimum absolute atomic E-state index is 0.00830. The van der Waals surface area contributed by atoms with Crippen LogP contribution >= 0.6 is 0 Å². The molecule has 0 aliphatic heterocycles. The number of sulfonamides is 1. The Labute approximate surface area is 138 Å². The van der Waals surface area contributed by atoms with Crippen molar-refractivity contribution in [2.45, 2.75) is 24.8 Å². The zero-order chi connectivity index (χ0) is 17.9. The Morgan fingerprint density at radius 1 is 1.04 bits per heavy atom. The third-order valence-corrected chi connectivity index (χ3v) is 4.82. The molecule has 0 aliphatic rings. The molecule has 2 N–H and O–H groups in total. The van der Waals surface area contributed by atoms with Crippen molar-refractivity contribution in [3.63, 3.8) is 0 Å². The molecule has 0 fully saturated rings. The quantitative estimate of drug-likeness (QED) is 0.867. The number of rotatable bonds is 5. The van der Waals surface area contributed by atoms with Gasteiger partial charge in [0, 0.05) is 18.7 Å². The highest BCUT2D eigenvalue weighted by Gasteiger charge is 2.19. The van der Waals surface area contributed by atoms with E-state index < -0.39 is 27.7 Å². The summed E-state index contributed by atoms with van der Waals surface area (Å²) in [7, 11) is -3.85. The van der Waals surface area contributed by atoms with Crippen molar-refractivity contribution in [1.29, 1.82) is 0 Å². The third kappa shape index (κ3) is 4.36. The molecule has 24 heavy (non-hydrogen) atoms. The predicted molar refractivity (Wildman–Crippen MR) is 85.8 cm³/mol. The Bertz CT molecular complexity index is 852. The van der Waals surface area contributed by atoms with Gasteiger partial charge in [0.2, 0.25) is 15.9 Å². The van der Waals surface area contributed by atoms with Crippen LogP contribution in [0.4, 0.5) is 14.5 Å². The summed E-state index contributed by atoms with van der Waals surface area (Å²) in [6.45, 7) is 2.87. The van der Waals surface area contributed by atoms with E-state index in [9.17, 15) is 22.0 Å². The Kier molecular flexibility index (Phi) is 5.30. The third-order valence-electron chi connectivity index (χ3n) is 3.26. The molecule has 1 amide bonds. The Morgan fingerprint density at radius 2 is 1.67 bits per heavy atom. The van der Waals surface area contributed by atoms with Crippen LogP contribution in [0, 0.1) is 11.6 Å². The van der Waals surface area contributed by atoms with Gasteiger partial charge in [0.25, 0.3) is 0 Å². The zero-order valence-electron chi connectivity index (χ0n) is 13.0. The van der Waals surface area contributed by atoms with Gasteiger partial charge >= 0.3 is 0 Å². The van der Waals surface area contributed by atoms with Crippen LogP contribution in [0.3, 0.4) is 0 Å². The highest BCUT2D eigenvalue weighted by Crippen LogP contribution is 2.20. The molecule has 5 nitrogen and oxygen atoms in total. The van der Waals surface area contributed by atoms with Crippen molar-refractivity contribution in [2.24, 2.45) is 0 Å². The molecule has 1 atom stereocenters. The van der Waals surface area contributed by atoms with Crippen LogP contribution in [0.15, 0.2) is 47.4 Å². The van der Waals surface area contributed by atoms with Gasteiger partial charge in [0.1, 0.15) is 0 Å². The molecule has 2 aromatic carbocycles. The number of carbonyl (C=O) groups is 1. The average Bonchev–Trinajstić information content (AvgIpc) is 2.49. The van der Waals surface area contributed by atoms with Crippen LogP contribution in [-0.4, -0.2) is 14.3 Å². The molecule has 0 aromatic heterocycles. The molecule has 0 bridgehead atoms. The van der Waals surface area contributed by atoms with Crippen LogP contribution in [0.25, 0.3) is 0 Å². The van der Waals surface area contributed by atoms with Crippen molar-refractivity contribution in [1.82, 2.24) is 4.72 Å². The van der Waals surface area contributed by atoms with E-state index in [0.717, 1.165) is 12.1 Å². The fraction of sp³-hybridized carbons (Fsp3) is 0.188. The van der Waals surface area contributed by atoms with Gasteiger partial charge in [0.05, 0.1) is 4.90 Å². The number of anilines is 1. The van der Waals surface area contributed by atoms with Crippen molar-refractivity contribution in [2.75, 3.05) is 5.32 Å². The summed E-state index contributed by atoms with van der Waals surface area (Å²) in [4.78, 5) is 10.9. The lowest BCUT2D eigenvalue weighted by molar-refractivity contribution is -0.114. The molecular weight excluding hydrogens is 338 g/mol. The molecule has 2 rings (SSSR count). The highest BCUT2D eigenvalue weighted by atomic mass is 32.2. The lowest BCUT2D eigenvalue weighted by Gasteiger charge is -2.15. The molecule has 0 saturated carbocycles. The fourth-order valence-corrected chi connectivity index (χ4v) is 3.30. The molecular formula is C16H16F2N2O3S. The fourth-order valence-electron chi connectivity index (χ4n) is 2.07. The molecule has 1 unspecified atom stereocenters. The Hall–Kier alpha value is -2.32. The molecule has 0 spiro atoms. The van der Waals surface area contributed by atoms with Crippen molar-refractivity contribution in [3.05, 3.63) is 59.7 Å². The summed E-state index contributed by atoms with van der Waals surface area (Å²) in [5, 5.41) is 2.53. The second kappa shape index (κ2) is 7.06. The maximum Gasteiger partial charge on any atom is 0.241 e. The van der Waals surface area contributed by atoms with E-state index in [4.69, 9.17) is 0 Å². The topological polar surface area (TPSA) is 75.3 Å². The summed E-state index contributed by atoms with van der Waals surface area (Å²) in [6.07, 6.45) is 0. The first-order chi connectivity index (χ1) is 11.2. The van der Waals surface area contributed by atoms with Gasteiger partial charge in [-0.1, -0.05) is 6.07 Å². The summed E-state index contributed by atoms with van der Waals surface area (Å²) < 4.78 is 53.3. The van der Waals surface area contributed by atoms with Crippen LogP contribution in [0.5, 0.6) is 0 Å². The monoisotopic (exact) mass is 354 g/mol. The van der Waals surface area contributed by atoms with Gasteiger partial charge in [-0.2, -0.15) is 0 Å². The molecule has 2 aromatic rings. The first kappa shape index (κ1) is 18.0. The SMILES string of the molecule is CC(=O)Nc1ccc(S(=O)(=O)NC(C)c2ccc(F)c(F)c2)cc1. The van der Waals surface area contributed by atoms with Crippen LogP contribution in [0.1, 0.15) is 25.5 Å². The van der Waals surface area contributed by atoms with E-state index in [-0.39, 0.29) is 10.8 Å². The van der Waals surface area contributed by atoms with E-state index in [2.05, 4.69) is 10.0 Å². The van der Waals surface area contributed by atoms with E-state index >= 15 is 0 Å². The summed E-state index contributed by atoms with van der Waals surface area (Å²) >= 11 is 0. The van der Waals surface area contributed by atoms with Crippen LogP contribution < -0.4 is 10.0 Å². The second-order valence-corrected chi connectivity index (χ2v) is 6.94. The van der Waals surface area contributed by atoms with Gasteiger partial charge in [0.15, 0.2) is 11.6 Å². The van der Waals surface area contributed by atoms with Gasteiger partial charge in [-0.25, -0.2) is 21.9 Å². The number of benzene rings is 2. The summed E-state index contributed by atoms with van der Waals surface area (Å²) in [6, 6.07) is 8.04. The van der Waals surface area contributed by atoms with E-state index in [0.29, 0.717) is 11.3 Å². The van der Waals surface area contributed by atoms with E-state index in [1.165, 1.54) is 44.2 Å². The van der Waals surface area contributed by atoms with Gasteiger partial charge in [-0.15, -0.1) is 0 Å². The van der Waals surface area contributed by atoms with E-state index in [1.54, 1.807) is 0 Å². The summed E-state index contributed by atoms with van der Waals surface area (Å²) in [5.74, 6) is -2.31. The van der Waals surface area contributed by atoms with Crippen molar-refractivity contribution >= 4 is 21.6 Å². The molecule has 128 valence electrons. The van der Waals surface area contributed by atoms with Gasteiger partial charge < -0.3 is 5.32 Å². The highest BCUT2D eigenvalue weighted by molar-refractivity contribution is 7.89. The first-order valence-corrected chi connectivity index (χ1v) is 8.52. The second-order valence-electron chi connectivity index (χ2n) is 5.22. The predicted octanol–water partition coefficient (Wildman–Crippen LogP) is 2.96. The Morgan fingerprint density at radius 3 is 2.21 bits per heavy atom. The van der Waals surface area contributed by atoms with E-state index in [1.807, 2.05) is 0 Å². The number of amides is 1. The molecule has 8 heteroatoms.